The minimum absolute atomic E-state index is 0.554. The maximum Gasteiger partial charge on any atom is 0.158 e. The van der Waals surface area contributed by atoms with E-state index in [4.69, 9.17) is 6.42 Å². The van der Waals surface area contributed by atoms with Crippen molar-refractivity contribution in [2.45, 2.75) is 25.9 Å². The van der Waals surface area contributed by atoms with Crippen molar-refractivity contribution in [3.8, 4) is 23.6 Å². The Kier molecular flexibility index (Phi) is 4.56. The molecular weight excluding hydrogens is 262 g/mol. The molecule has 2 aliphatic rings. The molecule has 0 radical (unpaired) electrons. The van der Waals surface area contributed by atoms with Gasteiger partial charge in [0.15, 0.2) is 5.82 Å². The minimum atomic E-state index is -0.725. The van der Waals surface area contributed by atoms with Gasteiger partial charge in [0.2, 0.25) is 0 Å². The zero-order valence-electron chi connectivity index (χ0n) is 12.3. The third-order valence-electron chi connectivity index (χ3n) is 3.04. The van der Waals surface area contributed by atoms with Crippen LogP contribution in [0.4, 0.5) is 5.82 Å². The lowest BCUT2D eigenvalue weighted by molar-refractivity contribution is 0.0737. The maximum atomic E-state index is 9.58. The normalized spacial score (nSPS) is 11.0. The van der Waals surface area contributed by atoms with Crippen LogP contribution in [-0.2, 0) is 0 Å². The summed E-state index contributed by atoms with van der Waals surface area (Å²) in [4.78, 5) is 9.66. The lowest BCUT2D eigenvalue weighted by Crippen LogP contribution is -2.28. The van der Waals surface area contributed by atoms with Gasteiger partial charge in [0.1, 0.15) is 0 Å². The molecule has 0 spiro atoms. The van der Waals surface area contributed by atoms with Crippen molar-refractivity contribution in [1.82, 2.24) is 9.97 Å². The van der Waals surface area contributed by atoms with E-state index in [-0.39, 0.29) is 0 Å². The monoisotopic (exact) mass is 281 g/mol. The van der Waals surface area contributed by atoms with E-state index in [1.54, 1.807) is 37.3 Å². The molecule has 1 aromatic rings. The van der Waals surface area contributed by atoms with Crippen LogP contribution in [0.2, 0.25) is 0 Å². The smallest absolute Gasteiger partial charge is 0.158 e. The van der Waals surface area contributed by atoms with Crippen LogP contribution in [0.3, 0.4) is 0 Å². The van der Waals surface area contributed by atoms with Crippen LogP contribution in [-0.4, -0.2) is 27.2 Å². The molecule has 3 rings (SSSR count). The predicted molar refractivity (Wildman–Crippen MR) is 84.6 cm³/mol. The SMILES string of the molecule is C#CN(CCC(C)(C)O)c1cnccn1.c1cc2cc-2c1. The first-order chi connectivity index (χ1) is 9.99. The van der Waals surface area contributed by atoms with Gasteiger partial charge in [-0.2, -0.15) is 0 Å². The number of terminal acetylenes is 1. The van der Waals surface area contributed by atoms with Crippen LogP contribution in [0.1, 0.15) is 20.3 Å². The second-order valence-electron chi connectivity index (χ2n) is 5.49. The van der Waals surface area contributed by atoms with E-state index in [1.165, 1.54) is 11.1 Å². The minimum Gasteiger partial charge on any atom is -0.390 e. The van der Waals surface area contributed by atoms with Crippen molar-refractivity contribution in [2.24, 2.45) is 0 Å². The second-order valence-corrected chi connectivity index (χ2v) is 5.49. The Hall–Kier alpha value is -2.38. The molecule has 2 aliphatic carbocycles. The number of hydrogen-bond acceptors (Lipinski definition) is 4. The molecule has 0 amide bonds. The molecule has 0 saturated heterocycles. The number of rotatable bonds is 4. The Morgan fingerprint density at radius 3 is 2.38 bits per heavy atom. The van der Waals surface area contributed by atoms with Gasteiger partial charge in [0.25, 0.3) is 0 Å². The molecule has 4 nitrogen and oxygen atoms in total. The summed E-state index contributed by atoms with van der Waals surface area (Å²) in [7, 11) is 0. The lowest BCUT2D eigenvalue weighted by atomic mass is 10.1. The molecule has 1 N–H and O–H groups in total. The first-order valence-corrected chi connectivity index (χ1v) is 6.82. The third-order valence-corrected chi connectivity index (χ3v) is 3.04. The Morgan fingerprint density at radius 1 is 1.29 bits per heavy atom. The number of anilines is 1. The third kappa shape index (κ3) is 4.90. The molecular formula is C17H19N3O. The van der Waals surface area contributed by atoms with Gasteiger partial charge in [-0.3, -0.25) is 9.88 Å². The Bertz CT molecular complexity index is 609. The molecule has 0 aromatic carbocycles. The first kappa shape index (κ1) is 15.0. The van der Waals surface area contributed by atoms with Crippen molar-refractivity contribution >= 4 is 5.82 Å². The van der Waals surface area contributed by atoms with Gasteiger partial charge in [-0.25, -0.2) is 4.98 Å². The van der Waals surface area contributed by atoms with Crippen molar-refractivity contribution < 1.29 is 5.11 Å². The average molecular weight is 281 g/mol. The molecule has 108 valence electrons. The fourth-order valence-corrected chi connectivity index (χ4v) is 1.74. The topological polar surface area (TPSA) is 49.2 Å². The van der Waals surface area contributed by atoms with Crippen LogP contribution in [0.15, 0.2) is 42.9 Å². The van der Waals surface area contributed by atoms with E-state index in [9.17, 15) is 5.11 Å². The van der Waals surface area contributed by atoms with Gasteiger partial charge in [-0.1, -0.05) is 24.6 Å². The quantitative estimate of drug-likeness (QED) is 0.590. The number of fused-ring (bicyclic) bond motifs is 1. The van der Waals surface area contributed by atoms with Gasteiger partial charge in [-0.15, -0.1) is 0 Å². The number of benzene rings is 1. The fourth-order valence-electron chi connectivity index (χ4n) is 1.74. The summed E-state index contributed by atoms with van der Waals surface area (Å²) in [6, 6.07) is 11.0. The number of nitrogens with zero attached hydrogens (tertiary/aromatic N) is 3. The molecule has 4 heteroatoms. The molecule has 1 aromatic heterocycles. The summed E-state index contributed by atoms with van der Waals surface area (Å²) in [5.74, 6) is 0.629. The molecule has 0 unspecified atom stereocenters. The highest BCUT2D eigenvalue weighted by atomic mass is 16.3. The van der Waals surface area contributed by atoms with Crippen molar-refractivity contribution in [3.05, 3.63) is 42.9 Å². The first-order valence-electron chi connectivity index (χ1n) is 6.82. The van der Waals surface area contributed by atoms with Gasteiger partial charge >= 0.3 is 0 Å². The Labute approximate surface area is 125 Å². The summed E-state index contributed by atoms with van der Waals surface area (Å²) >= 11 is 0. The van der Waals surface area contributed by atoms with E-state index < -0.39 is 5.60 Å². The summed E-state index contributed by atoms with van der Waals surface area (Å²) < 4.78 is 0. The lowest BCUT2D eigenvalue weighted by Gasteiger charge is -2.21. The average Bonchev–Trinajstić information content (AvgIpc) is 3.06. The standard InChI is InChI=1S/C11H15N3O.C6H4/c1-4-14(8-5-11(2,3)15)10-9-12-6-7-13-10;1-2-5-4-6(5)3-1/h1,6-7,9,15H,5,8H2,2-3H3;1-4H. The second kappa shape index (κ2) is 6.38. The Morgan fingerprint density at radius 2 is 2.00 bits per heavy atom. The van der Waals surface area contributed by atoms with Crippen molar-refractivity contribution in [2.75, 3.05) is 11.4 Å². The van der Waals surface area contributed by atoms with Gasteiger partial charge < -0.3 is 5.11 Å². The maximum absolute atomic E-state index is 9.58. The van der Waals surface area contributed by atoms with Crippen LogP contribution in [0, 0.1) is 12.5 Å². The van der Waals surface area contributed by atoms with Crippen LogP contribution >= 0.6 is 0 Å². The molecule has 0 fully saturated rings. The van der Waals surface area contributed by atoms with E-state index in [0.717, 1.165) is 0 Å². The molecule has 0 aliphatic heterocycles. The van der Waals surface area contributed by atoms with Gasteiger partial charge in [0.05, 0.1) is 11.8 Å². The number of hydrogen-bond donors (Lipinski definition) is 1. The van der Waals surface area contributed by atoms with E-state index >= 15 is 0 Å². The fraction of sp³-hybridized carbons (Fsp3) is 0.294. The van der Waals surface area contributed by atoms with Gasteiger partial charge in [0, 0.05) is 25.0 Å². The highest BCUT2D eigenvalue weighted by Crippen LogP contribution is 2.32. The van der Waals surface area contributed by atoms with Crippen molar-refractivity contribution in [3.63, 3.8) is 0 Å². The van der Waals surface area contributed by atoms with Crippen molar-refractivity contribution in [1.29, 1.82) is 0 Å². The van der Waals surface area contributed by atoms with Gasteiger partial charge in [-0.05, 0) is 37.5 Å². The Balaban J connectivity index is 0.000000218. The molecule has 0 saturated carbocycles. The van der Waals surface area contributed by atoms with Crippen LogP contribution in [0.25, 0.3) is 11.1 Å². The highest BCUT2D eigenvalue weighted by molar-refractivity contribution is 5.80. The summed E-state index contributed by atoms with van der Waals surface area (Å²) in [5, 5.41) is 9.58. The summed E-state index contributed by atoms with van der Waals surface area (Å²) in [6.07, 6.45) is 10.7. The highest BCUT2D eigenvalue weighted by Gasteiger charge is 2.15. The molecule has 0 atom stereocenters. The zero-order valence-corrected chi connectivity index (χ0v) is 12.3. The predicted octanol–water partition coefficient (Wildman–Crippen LogP) is 2.70. The summed E-state index contributed by atoms with van der Waals surface area (Å²) in [5.41, 5.74) is 2.13. The summed E-state index contributed by atoms with van der Waals surface area (Å²) in [6.45, 7) is 4.05. The van der Waals surface area contributed by atoms with E-state index in [0.29, 0.717) is 18.8 Å². The number of aliphatic hydroxyl groups is 1. The van der Waals surface area contributed by atoms with E-state index in [1.807, 2.05) is 0 Å². The molecule has 1 heterocycles. The molecule has 0 bridgehead atoms. The largest absolute Gasteiger partial charge is 0.390 e. The molecule has 21 heavy (non-hydrogen) atoms. The van der Waals surface area contributed by atoms with E-state index in [2.05, 4.69) is 40.3 Å². The number of aromatic nitrogens is 2. The zero-order chi connectivity index (χ0) is 15.3. The van der Waals surface area contributed by atoms with Crippen LogP contribution in [0.5, 0.6) is 0 Å². The van der Waals surface area contributed by atoms with Crippen LogP contribution < -0.4 is 4.90 Å².